The number of aromatic amines is 1. The molecule has 12 nitrogen and oxygen atoms in total. The zero-order chi connectivity index (χ0) is 25.4. The van der Waals surface area contributed by atoms with Crippen molar-refractivity contribution < 1.29 is 34.2 Å². The van der Waals surface area contributed by atoms with Gasteiger partial charge in [0.05, 0.1) is 12.5 Å². The monoisotopic (exact) mass is 493 g/mol. The van der Waals surface area contributed by atoms with Gasteiger partial charge in [-0.15, -0.1) is 0 Å². The zero-order valence-electron chi connectivity index (χ0n) is 18.3. The number of hydrogen-bond acceptors (Lipinski definition) is 7. The molecule has 0 spiro atoms. The molecule has 0 aliphatic heterocycles. The van der Waals surface area contributed by atoms with Crippen LogP contribution in [0.5, 0.6) is 0 Å². The van der Waals surface area contributed by atoms with Crippen LogP contribution in [0.4, 0.5) is 0 Å². The van der Waals surface area contributed by atoms with E-state index in [-0.39, 0.29) is 12.2 Å². The van der Waals surface area contributed by atoms with Gasteiger partial charge < -0.3 is 36.9 Å². The van der Waals surface area contributed by atoms with E-state index in [1.807, 2.05) is 24.3 Å². The number of fused-ring (bicyclic) bond motifs is 1. The van der Waals surface area contributed by atoms with Crippen molar-refractivity contribution in [3.63, 3.8) is 0 Å². The van der Waals surface area contributed by atoms with Crippen LogP contribution in [0.25, 0.3) is 10.9 Å². The Kier molecular flexibility index (Phi) is 9.45. The summed E-state index contributed by atoms with van der Waals surface area (Å²) in [6.45, 7) is 1.19. The summed E-state index contributed by atoms with van der Waals surface area (Å²) in [5.41, 5.74) is 7.72. The van der Waals surface area contributed by atoms with E-state index in [0.29, 0.717) is 0 Å². The van der Waals surface area contributed by atoms with E-state index in [2.05, 4.69) is 33.6 Å². The average Bonchev–Trinajstić information content (AvgIpc) is 3.18. The van der Waals surface area contributed by atoms with Crippen molar-refractivity contribution in [3.05, 3.63) is 36.0 Å². The maximum atomic E-state index is 12.6. The first-order valence-electron chi connectivity index (χ1n) is 10.3. The maximum absolute atomic E-state index is 12.6. The van der Waals surface area contributed by atoms with Gasteiger partial charge in [-0.05, 0) is 25.0 Å². The van der Waals surface area contributed by atoms with Crippen LogP contribution >= 0.6 is 12.6 Å². The third-order valence-corrected chi connectivity index (χ3v) is 5.37. The molecule has 1 heterocycles. The molecule has 4 atom stereocenters. The number of carboxylic acids is 2. The maximum Gasteiger partial charge on any atom is 0.325 e. The summed E-state index contributed by atoms with van der Waals surface area (Å²) in [4.78, 5) is 62.6. The molecule has 4 unspecified atom stereocenters. The van der Waals surface area contributed by atoms with Crippen LogP contribution < -0.4 is 21.7 Å². The standard InChI is InChI=1S/C21H27N5O7S/c1-10(21(32)33)24-19(30)15(7-17(27)28)25-20(31)16(9-34)26-18(29)13(22)6-11-8-23-14-5-3-2-4-12(11)14/h2-5,8,10,13,15-16,23,34H,6-7,9,22H2,1H3,(H,24,30)(H,25,31)(H,26,29)(H,27,28)(H,32,33). The number of rotatable bonds is 12. The molecule has 1 aromatic carbocycles. The number of benzene rings is 1. The number of thiol groups is 1. The summed E-state index contributed by atoms with van der Waals surface area (Å²) in [7, 11) is 0. The fraction of sp³-hybridized carbons (Fsp3) is 0.381. The third kappa shape index (κ3) is 7.22. The Morgan fingerprint density at radius 1 is 1.00 bits per heavy atom. The second kappa shape index (κ2) is 12.0. The molecule has 1 aromatic heterocycles. The summed E-state index contributed by atoms with van der Waals surface area (Å²) >= 11 is 4.05. The Labute approximate surface area is 200 Å². The van der Waals surface area contributed by atoms with Gasteiger partial charge in [0.15, 0.2) is 0 Å². The lowest BCUT2D eigenvalue weighted by molar-refractivity contribution is -0.143. The highest BCUT2D eigenvalue weighted by Crippen LogP contribution is 2.18. The molecule has 0 bridgehead atoms. The minimum atomic E-state index is -1.56. The topological polar surface area (TPSA) is 204 Å². The van der Waals surface area contributed by atoms with Gasteiger partial charge in [-0.25, -0.2) is 0 Å². The van der Waals surface area contributed by atoms with E-state index in [1.54, 1.807) is 6.20 Å². The van der Waals surface area contributed by atoms with Crippen molar-refractivity contribution in [3.8, 4) is 0 Å². The van der Waals surface area contributed by atoms with Gasteiger partial charge in [0.1, 0.15) is 18.1 Å². The largest absolute Gasteiger partial charge is 0.481 e. The van der Waals surface area contributed by atoms with E-state index in [9.17, 15) is 24.0 Å². The van der Waals surface area contributed by atoms with Gasteiger partial charge in [-0.1, -0.05) is 18.2 Å². The number of H-pyrrole nitrogens is 1. The number of carbonyl (C=O) groups excluding carboxylic acids is 3. The summed E-state index contributed by atoms with van der Waals surface area (Å²) in [5.74, 6) is -5.39. The van der Waals surface area contributed by atoms with Crippen LogP contribution in [0.1, 0.15) is 18.9 Å². The Morgan fingerprint density at radius 3 is 2.24 bits per heavy atom. The molecule has 0 aliphatic carbocycles. The van der Waals surface area contributed by atoms with Crippen molar-refractivity contribution >= 4 is 53.2 Å². The van der Waals surface area contributed by atoms with E-state index < -0.39 is 60.2 Å². The summed E-state index contributed by atoms with van der Waals surface area (Å²) in [6, 6.07) is 2.41. The summed E-state index contributed by atoms with van der Waals surface area (Å²) in [5, 5.41) is 25.6. The average molecular weight is 494 g/mol. The van der Waals surface area contributed by atoms with Crippen molar-refractivity contribution in [1.82, 2.24) is 20.9 Å². The second-order valence-electron chi connectivity index (χ2n) is 7.64. The smallest absolute Gasteiger partial charge is 0.325 e. The molecular weight excluding hydrogens is 466 g/mol. The molecule has 3 amide bonds. The molecule has 8 N–H and O–H groups in total. The fourth-order valence-electron chi connectivity index (χ4n) is 3.13. The zero-order valence-corrected chi connectivity index (χ0v) is 19.2. The molecule has 34 heavy (non-hydrogen) atoms. The Balaban J connectivity index is 2.02. The lowest BCUT2D eigenvalue weighted by Crippen LogP contribution is -2.58. The first-order valence-corrected chi connectivity index (χ1v) is 10.9. The first-order chi connectivity index (χ1) is 16.0. The number of nitrogens with one attached hydrogen (secondary N) is 4. The Hall–Kier alpha value is -3.58. The van der Waals surface area contributed by atoms with Crippen LogP contribution in [0.3, 0.4) is 0 Å². The quantitative estimate of drug-likeness (QED) is 0.172. The lowest BCUT2D eigenvalue weighted by atomic mass is 10.0. The predicted molar refractivity (Wildman–Crippen MR) is 125 cm³/mol. The molecule has 0 saturated heterocycles. The van der Waals surface area contributed by atoms with Gasteiger partial charge in [0, 0.05) is 22.9 Å². The lowest BCUT2D eigenvalue weighted by Gasteiger charge is -2.23. The van der Waals surface area contributed by atoms with E-state index >= 15 is 0 Å². The Bertz CT molecular complexity index is 1070. The number of para-hydroxylation sites is 1. The number of carboxylic acid groups (broad SMARTS) is 2. The van der Waals surface area contributed by atoms with E-state index in [4.69, 9.17) is 15.9 Å². The van der Waals surface area contributed by atoms with Crippen LogP contribution in [0, 0.1) is 0 Å². The van der Waals surface area contributed by atoms with Crippen LogP contribution in [0.2, 0.25) is 0 Å². The second-order valence-corrected chi connectivity index (χ2v) is 8.01. The minimum absolute atomic E-state index is 0.162. The Morgan fingerprint density at radius 2 is 1.62 bits per heavy atom. The minimum Gasteiger partial charge on any atom is -0.481 e. The van der Waals surface area contributed by atoms with Gasteiger partial charge >= 0.3 is 11.9 Å². The van der Waals surface area contributed by atoms with Crippen molar-refractivity contribution in [2.24, 2.45) is 5.73 Å². The van der Waals surface area contributed by atoms with E-state index in [1.165, 1.54) is 6.92 Å². The van der Waals surface area contributed by atoms with Crippen molar-refractivity contribution in [2.45, 2.75) is 43.9 Å². The van der Waals surface area contributed by atoms with E-state index in [0.717, 1.165) is 16.5 Å². The molecular formula is C21H27N5O7S. The predicted octanol–water partition coefficient (Wildman–Crippen LogP) is -0.999. The van der Waals surface area contributed by atoms with Gasteiger partial charge in [-0.2, -0.15) is 12.6 Å². The highest BCUT2D eigenvalue weighted by atomic mass is 32.1. The normalized spacial score (nSPS) is 14.4. The van der Waals surface area contributed by atoms with Gasteiger partial charge in [-0.3, -0.25) is 24.0 Å². The van der Waals surface area contributed by atoms with Crippen LogP contribution in [0.15, 0.2) is 30.5 Å². The molecule has 0 saturated carbocycles. The van der Waals surface area contributed by atoms with Crippen LogP contribution in [-0.2, 0) is 30.4 Å². The first kappa shape index (κ1) is 26.7. The molecule has 0 aliphatic rings. The molecule has 2 aromatic rings. The number of nitrogens with two attached hydrogens (primary N) is 1. The number of aliphatic carboxylic acids is 2. The molecule has 0 radical (unpaired) electrons. The number of amides is 3. The van der Waals surface area contributed by atoms with Crippen LogP contribution in [-0.4, -0.2) is 74.8 Å². The van der Waals surface area contributed by atoms with Gasteiger partial charge in [0.2, 0.25) is 17.7 Å². The fourth-order valence-corrected chi connectivity index (χ4v) is 3.39. The molecule has 2 rings (SSSR count). The molecule has 0 fully saturated rings. The van der Waals surface area contributed by atoms with Crippen molar-refractivity contribution in [1.29, 1.82) is 0 Å². The third-order valence-electron chi connectivity index (χ3n) is 5.01. The van der Waals surface area contributed by atoms with Gasteiger partial charge in [0.25, 0.3) is 0 Å². The highest BCUT2D eigenvalue weighted by Gasteiger charge is 2.30. The molecule has 184 valence electrons. The summed E-state index contributed by atoms with van der Waals surface area (Å²) < 4.78 is 0. The summed E-state index contributed by atoms with van der Waals surface area (Å²) in [6.07, 6.45) is 1.14. The highest BCUT2D eigenvalue weighted by molar-refractivity contribution is 7.80. The molecule has 13 heteroatoms. The number of aromatic nitrogens is 1. The number of carbonyl (C=O) groups is 5. The SMILES string of the molecule is CC(NC(=O)C(CC(=O)O)NC(=O)C(CS)NC(=O)C(N)Cc1c[nH]c2ccccc12)C(=O)O. The number of hydrogen-bond donors (Lipinski definition) is 8. The van der Waals surface area contributed by atoms with Crippen molar-refractivity contribution in [2.75, 3.05) is 5.75 Å².